The maximum atomic E-state index is 13.6. The molecule has 1 aromatic heterocycles. The van der Waals surface area contributed by atoms with Gasteiger partial charge in [0, 0.05) is 17.7 Å². The molecule has 1 aliphatic heterocycles. The molecule has 0 amide bonds. The average molecular weight is 386 g/mol. The first kappa shape index (κ1) is 19.2. The second-order valence-corrected chi connectivity index (χ2v) is 6.31. The highest BCUT2D eigenvalue weighted by molar-refractivity contribution is 5.79. The fraction of sp³-hybridized carbons (Fsp3) is 0.333. The number of rotatable bonds is 5. The molecule has 2 heterocycles. The van der Waals surface area contributed by atoms with Crippen molar-refractivity contribution in [2.45, 2.75) is 17.5 Å². The number of fused-ring (bicyclic) bond motifs is 1. The third-order valence-electron chi connectivity index (χ3n) is 4.57. The van der Waals surface area contributed by atoms with Gasteiger partial charge in [0.05, 0.1) is 5.69 Å². The number of hydrogen-bond acceptors (Lipinski definition) is 4. The predicted octanol–water partition coefficient (Wildman–Crippen LogP) is 3.29. The van der Waals surface area contributed by atoms with Crippen LogP contribution in [0.25, 0.3) is 11.3 Å². The minimum atomic E-state index is -4.69. The molecule has 2 atom stereocenters. The van der Waals surface area contributed by atoms with E-state index in [-0.39, 0.29) is 29.2 Å². The van der Waals surface area contributed by atoms with Crippen molar-refractivity contribution < 1.29 is 31.5 Å². The van der Waals surface area contributed by atoms with E-state index >= 15 is 0 Å². The van der Waals surface area contributed by atoms with E-state index in [1.54, 1.807) is 0 Å². The molecule has 3 rings (SSSR count). The summed E-state index contributed by atoms with van der Waals surface area (Å²) < 4.78 is 72.4. The van der Waals surface area contributed by atoms with Crippen molar-refractivity contribution in [2.75, 3.05) is 19.8 Å². The summed E-state index contributed by atoms with van der Waals surface area (Å²) >= 11 is 0. The first-order valence-corrected chi connectivity index (χ1v) is 7.99. The molecular weight excluding hydrogens is 371 g/mol. The number of aldehydes is 1. The van der Waals surface area contributed by atoms with Gasteiger partial charge in [0.1, 0.15) is 48.2 Å². The number of pyridine rings is 1. The lowest BCUT2D eigenvalue weighted by atomic mass is 9.83. The Labute approximate surface area is 151 Å². The van der Waals surface area contributed by atoms with Gasteiger partial charge in [0.25, 0.3) is 0 Å². The molecule has 0 radical (unpaired) electrons. The quantitative estimate of drug-likeness (QED) is 0.633. The van der Waals surface area contributed by atoms with Crippen molar-refractivity contribution in [1.29, 1.82) is 0 Å². The topological polar surface area (TPSA) is 65.2 Å². The Kier molecular flexibility index (Phi) is 4.90. The molecule has 0 bridgehead atoms. The van der Waals surface area contributed by atoms with Gasteiger partial charge in [-0.25, -0.2) is 13.8 Å². The van der Waals surface area contributed by atoms with Crippen LogP contribution in [0.1, 0.15) is 17.2 Å². The Hall–Kier alpha value is -2.55. The van der Waals surface area contributed by atoms with E-state index < -0.39 is 42.2 Å². The highest BCUT2D eigenvalue weighted by atomic mass is 19.4. The lowest BCUT2D eigenvalue weighted by molar-refractivity contribution is -0.148. The number of halogens is 5. The number of aromatic nitrogens is 1. The van der Waals surface area contributed by atoms with Gasteiger partial charge in [-0.15, -0.1) is 0 Å². The Morgan fingerprint density at radius 1 is 1.30 bits per heavy atom. The number of hydrogen-bond donors (Lipinski definition) is 1. The summed E-state index contributed by atoms with van der Waals surface area (Å²) in [6, 6.07) is 5.86. The smallest absolute Gasteiger partial charge is 0.398 e. The van der Waals surface area contributed by atoms with E-state index in [9.17, 15) is 26.7 Å². The largest absolute Gasteiger partial charge is 0.489 e. The van der Waals surface area contributed by atoms with E-state index in [1.165, 1.54) is 12.1 Å². The van der Waals surface area contributed by atoms with Crippen LogP contribution in [0.3, 0.4) is 0 Å². The second kappa shape index (κ2) is 6.88. The number of nitrogens with two attached hydrogens (primary N) is 1. The van der Waals surface area contributed by atoms with Crippen LogP contribution in [-0.2, 0) is 10.2 Å². The minimum Gasteiger partial charge on any atom is -0.489 e. The van der Waals surface area contributed by atoms with E-state index in [4.69, 9.17) is 10.5 Å². The fourth-order valence-electron chi connectivity index (χ4n) is 2.99. The first-order chi connectivity index (χ1) is 12.8. The zero-order valence-electron chi connectivity index (χ0n) is 13.9. The molecule has 9 heteroatoms. The van der Waals surface area contributed by atoms with Crippen LogP contribution in [0.4, 0.5) is 22.0 Å². The minimum absolute atomic E-state index is 0.00746. The zero-order chi connectivity index (χ0) is 19.8. The lowest BCUT2D eigenvalue weighted by Crippen LogP contribution is -2.33. The summed E-state index contributed by atoms with van der Waals surface area (Å²) in [4.78, 5) is 15.6. The Morgan fingerprint density at radius 3 is 2.48 bits per heavy atom. The Balaban J connectivity index is 2.27. The summed E-state index contributed by atoms with van der Waals surface area (Å²) in [5.74, 6) is -2.65. The van der Waals surface area contributed by atoms with Crippen molar-refractivity contribution in [2.24, 2.45) is 5.73 Å². The normalized spacial score (nSPS) is 20.1. The summed E-state index contributed by atoms with van der Waals surface area (Å²) in [5, 5.41) is 0. The Bertz CT molecular complexity index is 854. The maximum Gasteiger partial charge on any atom is 0.398 e. The summed E-state index contributed by atoms with van der Waals surface area (Å²) in [5.41, 5.74) is 3.35. The number of ether oxygens (including phenoxy) is 1. The predicted molar refractivity (Wildman–Crippen MR) is 86.7 cm³/mol. The van der Waals surface area contributed by atoms with Crippen LogP contribution in [0.5, 0.6) is 5.75 Å². The molecule has 1 aromatic carbocycles. The summed E-state index contributed by atoms with van der Waals surface area (Å²) in [6.45, 7) is -2.28. The number of carbonyl (C=O) groups is 1. The van der Waals surface area contributed by atoms with Gasteiger partial charge in [-0.05, 0) is 30.3 Å². The number of carbonyl (C=O) groups excluding carboxylic acids is 1. The van der Waals surface area contributed by atoms with E-state index in [1.807, 2.05) is 0 Å². The molecule has 0 aliphatic carbocycles. The SMILES string of the molecule is NCC(c1cc2c(c(-c3ccc(F)cc3)n1)OCC2(C=O)CF)C(F)(F)F. The van der Waals surface area contributed by atoms with E-state index in [0.717, 1.165) is 18.2 Å². The highest BCUT2D eigenvalue weighted by Gasteiger charge is 2.46. The van der Waals surface area contributed by atoms with Crippen LogP contribution in [-0.4, -0.2) is 37.3 Å². The molecule has 1 aliphatic rings. The van der Waals surface area contributed by atoms with Gasteiger partial charge in [0.2, 0.25) is 0 Å². The van der Waals surface area contributed by atoms with Gasteiger partial charge in [-0.2, -0.15) is 13.2 Å². The second-order valence-electron chi connectivity index (χ2n) is 6.31. The maximum absolute atomic E-state index is 13.6. The molecule has 27 heavy (non-hydrogen) atoms. The van der Waals surface area contributed by atoms with Crippen LogP contribution < -0.4 is 10.5 Å². The van der Waals surface area contributed by atoms with Crippen molar-refractivity contribution in [3.05, 3.63) is 47.4 Å². The molecule has 2 aromatic rings. The summed E-state index contributed by atoms with van der Waals surface area (Å²) in [7, 11) is 0. The first-order valence-electron chi connectivity index (χ1n) is 7.99. The lowest BCUT2D eigenvalue weighted by Gasteiger charge is -2.22. The monoisotopic (exact) mass is 386 g/mol. The van der Waals surface area contributed by atoms with Gasteiger partial charge in [0.15, 0.2) is 0 Å². The zero-order valence-corrected chi connectivity index (χ0v) is 13.9. The summed E-state index contributed by atoms with van der Waals surface area (Å²) in [6.07, 6.45) is -4.36. The molecular formula is C18H15F5N2O2. The van der Waals surface area contributed by atoms with Crippen molar-refractivity contribution in [3.8, 4) is 17.0 Å². The Morgan fingerprint density at radius 2 is 1.96 bits per heavy atom. The third kappa shape index (κ3) is 3.27. The average Bonchev–Trinajstić information content (AvgIpc) is 3.00. The number of alkyl halides is 4. The van der Waals surface area contributed by atoms with Crippen molar-refractivity contribution in [3.63, 3.8) is 0 Å². The van der Waals surface area contributed by atoms with E-state index in [0.29, 0.717) is 6.29 Å². The van der Waals surface area contributed by atoms with Gasteiger partial charge in [-0.1, -0.05) is 0 Å². The van der Waals surface area contributed by atoms with Crippen LogP contribution >= 0.6 is 0 Å². The van der Waals surface area contributed by atoms with Crippen molar-refractivity contribution in [1.82, 2.24) is 4.98 Å². The highest BCUT2D eigenvalue weighted by Crippen LogP contribution is 2.46. The molecule has 4 nitrogen and oxygen atoms in total. The molecule has 2 N–H and O–H groups in total. The van der Waals surface area contributed by atoms with Crippen LogP contribution in [0, 0.1) is 5.82 Å². The fourth-order valence-corrected chi connectivity index (χ4v) is 2.99. The molecule has 144 valence electrons. The van der Waals surface area contributed by atoms with Crippen LogP contribution in [0.2, 0.25) is 0 Å². The molecule has 0 saturated heterocycles. The van der Waals surface area contributed by atoms with Crippen molar-refractivity contribution >= 4 is 6.29 Å². The number of benzene rings is 1. The van der Waals surface area contributed by atoms with Crippen LogP contribution in [0.15, 0.2) is 30.3 Å². The standard InChI is InChI=1S/C18H15F5N2O2/c19-7-17(8-26)9-27-16-12(17)5-14(13(6-24)18(21,22)23)25-15(16)10-1-3-11(20)4-2-10/h1-5,8,13H,6-7,9,24H2. The van der Waals surface area contributed by atoms with Gasteiger partial charge >= 0.3 is 6.18 Å². The molecule has 0 saturated carbocycles. The van der Waals surface area contributed by atoms with Gasteiger partial charge < -0.3 is 15.3 Å². The number of nitrogens with zero attached hydrogens (tertiary/aromatic N) is 1. The van der Waals surface area contributed by atoms with Gasteiger partial charge in [-0.3, -0.25) is 0 Å². The molecule has 0 fully saturated rings. The molecule has 2 unspecified atom stereocenters. The third-order valence-corrected chi connectivity index (χ3v) is 4.57. The molecule has 0 spiro atoms. The van der Waals surface area contributed by atoms with E-state index in [2.05, 4.69) is 4.98 Å².